The molecule has 0 atom stereocenters. The van der Waals surface area contributed by atoms with Crippen LogP contribution in [0.15, 0.2) is 42.5 Å². The van der Waals surface area contributed by atoms with Crippen molar-refractivity contribution < 1.29 is 39.9 Å². The Hall–Kier alpha value is -2.32. The van der Waals surface area contributed by atoms with E-state index in [0.717, 1.165) is 12.1 Å². The molecule has 2 rings (SSSR count). The monoisotopic (exact) mass is 356 g/mol. The number of halogens is 8. The van der Waals surface area contributed by atoms with Gasteiger partial charge in [-0.15, -0.1) is 0 Å². The van der Waals surface area contributed by atoms with Crippen molar-refractivity contribution >= 4 is 0 Å². The Kier molecular flexibility index (Phi) is 4.73. The van der Waals surface area contributed by atoms with Gasteiger partial charge in [-0.2, -0.15) is 35.1 Å². The van der Waals surface area contributed by atoms with E-state index in [1.807, 2.05) is 0 Å². The predicted molar refractivity (Wildman–Crippen MR) is 68.5 cm³/mol. The first-order chi connectivity index (χ1) is 11.0. The van der Waals surface area contributed by atoms with E-state index in [1.54, 1.807) is 0 Å². The maximum absolute atomic E-state index is 12.8. The molecule has 2 aromatic carbocycles. The molecule has 0 aliphatic rings. The van der Waals surface area contributed by atoms with Crippen LogP contribution in [0.2, 0.25) is 0 Å². The lowest BCUT2D eigenvalue weighted by Crippen LogP contribution is -2.08. The molecule has 9 heteroatoms. The number of benzene rings is 2. The van der Waals surface area contributed by atoms with Gasteiger partial charge in [0.1, 0.15) is 5.75 Å². The molecule has 0 aliphatic heterocycles. The first kappa shape index (κ1) is 18.0. The van der Waals surface area contributed by atoms with Gasteiger partial charge < -0.3 is 4.74 Å². The van der Waals surface area contributed by atoms with E-state index in [4.69, 9.17) is 0 Å². The van der Waals surface area contributed by atoms with E-state index in [0.29, 0.717) is 30.3 Å². The standard InChI is InChI=1S/C15H8F8O/c16-13(17)24-12-5-4-10(15(21,22)23)7-11(12)8-2-1-3-9(6-8)14(18,19)20/h1-7,13H. The molecule has 130 valence electrons. The van der Waals surface area contributed by atoms with Gasteiger partial charge in [0.05, 0.1) is 11.1 Å². The molecular weight excluding hydrogens is 348 g/mol. The molecule has 1 nitrogen and oxygen atoms in total. The van der Waals surface area contributed by atoms with E-state index < -0.39 is 41.4 Å². The lowest BCUT2D eigenvalue weighted by Gasteiger charge is -2.15. The van der Waals surface area contributed by atoms with Crippen LogP contribution in [0.4, 0.5) is 35.1 Å². The molecule has 0 amide bonds. The summed E-state index contributed by atoms with van der Waals surface area (Å²) in [5, 5.41) is 0. The number of alkyl halides is 8. The average molecular weight is 356 g/mol. The van der Waals surface area contributed by atoms with E-state index >= 15 is 0 Å². The van der Waals surface area contributed by atoms with Crippen LogP contribution in [0, 0.1) is 0 Å². The summed E-state index contributed by atoms with van der Waals surface area (Å²) in [6, 6.07) is 4.93. The molecule has 0 spiro atoms. The predicted octanol–water partition coefficient (Wildman–Crippen LogP) is 5.99. The lowest BCUT2D eigenvalue weighted by atomic mass is 9.99. The molecule has 0 saturated carbocycles. The Bertz CT molecular complexity index is 718. The lowest BCUT2D eigenvalue weighted by molar-refractivity contribution is -0.138. The van der Waals surface area contributed by atoms with Crippen LogP contribution in [0.1, 0.15) is 11.1 Å². The van der Waals surface area contributed by atoms with Crippen molar-refractivity contribution in [1.82, 2.24) is 0 Å². The Balaban J connectivity index is 2.61. The number of rotatable bonds is 3. The highest BCUT2D eigenvalue weighted by atomic mass is 19.4. The van der Waals surface area contributed by atoms with E-state index in [1.165, 1.54) is 0 Å². The van der Waals surface area contributed by atoms with Gasteiger partial charge in [-0.05, 0) is 35.9 Å². The summed E-state index contributed by atoms with van der Waals surface area (Å²) in [7, 11) is 0. The Labute approximate surface area is 130 Å². The molecular formula is C15H8F8O. The molecule has 0 saturated heterocycles. The fraction of sp³-hybridized carbons (Fsp3) is 0.200. The van der Waals surface area contributed by atoms with E-state index in [9.17, 15) is 35.1 Å². The SMILES string of the molecule is FC(F)Oc1ccc(C(F)(F)F)cc1-c1cccc(C(F)(F)F)c1. The highest BCUT2D eigenvalue weighted by molar-refractivity contribution is 5.72. The van der Waals surface area contributed by atoms with Crippen LogP contribution in [0.3, 0.4) is 0 Å². The normalized spacial score (nSPS) is 12.5. The minimum atomic E-state index is -4.79. The van der Waals surface area contributed by atoms with Gasteiger partial charge in [0, 0.05) is 5.56 Å². The summed E-state index contributed by atoms with van der Waals surface area (Å²) in [5.74, 6) is -0.655. The highest BCUT2D eigenvalue weighted by Crippen LogP contribution is 2.39. The van der Waals surface area contributed by atoms with Gasteiger partial charge in [0.15, 0.2) is 0 Å². The third-order valence-electron chi connectivity index (χ3n) is 3.02. The Morgan fingerprint density at radius 3 is 1.88 bits per heavy atom. The number of hydrogen-bond acceptors (Lipinski definition) is 1. The fourth-order valence-corrected chi connectivity index (χ4v) is 1.99. The quantitative estimate of drug-likeness (QED) is 0.614. The van der Waals surface area contributed by atoms with Gasteiger partial charge in [0.2, 0.25) is 0 Å². The van der Waals surface area contributed by atoms with Gasteiger partial charge in [0.25, 0.3) is 0 Å². The molecule has 2 aromatic rings. The zero-order valence-corrected chi connectivity index (χ0v) is 11.6. The molecule has 0 radical (unpaired) electrons. The first-order valence-electron chi connectivity index (χ1n) is 6.32. The molecule has 0 aromatic heterocycles. The maximum Gasteiger partial charge on any atom is 0.416 e. The Morgan fingerprint density at radius 2 is 1.33 bits per heavy atom. The minimum Gasteiger partial charge on any atom is -0.434 e. The zero-order chi connectivity index (χ0) is 18.1. The van der Waals surface area contributed by atoms with Crippen LogP contribution in [0.25, 0.3) is 11.1 Å². The summed E-state index contributed by atoms with van der Waals surface area (Å²) in [4.78, 5) is 0. The van der Waals surface area contributed by atoms with Gasteiger partial charge in [-0.1, -0.05) is 12.1 Å². The summed E-state index contributed by atoms with van der Waals surface area (Å²) in [6.45, 7) is -3.34. The van der Waals surface area contributed by atoms with Crippen molar-refractivity contribution in [3.63, 3.8) is 0 Å². The summed E-state index contributed by atoms with van der Waals surface area (Å²) in [5.41, 5.74) is -3.17. The minimum absolute atomic E-state index is 0.327. The molecule has 24 heavy (non-hydrogen) atoms. The second-order valence-electron chi connectivity index (χ2n) is 4.67. The third-order valence-corrected chi connectivity index (χ3v) is 3.02. The molecule has 0 fully saturated rings. The van der Waals surface area contributed by atoms with Crippen molar-refractivity contribution in [2.75, 3.05) is 0 Å². The second kappa shape index (κ2) is 6.29. The van der Waals surface area contributed by atoms with E-state index in [-0.39, 0.29) is 5.56 Å². The first-order valence-corrected chi connectivity index (χ1v) is 6.32. The number of ether oxygens (including phenoxy) is 1. The highest BCUT2D eigenvalue weighted by Gasteiger charge is 2.33. The summed E-state index contributed by atoms with van der Waals surface area (Å²) < 4.78 is 105. The van der Waals surface area contributed by atoms with Crippen molar-refractivity contribution in [1.29, 1.82) is 0 Å². The number of hydrogen-bond donors (Lipinski definition) is 0. The smallest absolute Gasteiger partial charge is 0.416 e. The third kappa shape index (κ3) is 4.15. The fourth-order valence-electron chi connectivity index (χ4n) is 1.99. The van der Waals surface area contributed by atoms with Gasteiger partial charge in [-0.25, -0.2) is 0 Å². The van der Waals surface area contributed by atoms with Crippen LogP contribution < -0.4 is 4.74 Å². The van der Waals surface area contributed by atoms with Crippen LogP contribution >= 0.6 is 0 Å². The molecule has 0 bridgehead atoms. The molecule has 0 N–H and O–H groups in total. The molecule has 0 unspecified atom stereocenters. The van der Waals surface area contributed by atoms with Crippen molar-refractivity contribution in [2.24, 2.45) is 0 Å². The Morgan fingerprint density at radius 1 is 0.750 bits per heavy atom. The van der Waals surface area contributed by atoms with Crippen molar-refractivity contribution in [3.8, 4) is 16.9 Å². The molecule has 0 heterocycles. The largest absolute Gasteiger partial charge is 0.434 e. The van der Waals surface area contributed by atoms with E-state index in [2.05, 4.69) is 4.74 Å². The summed E-state index contributed by atoms with van der Waals surface area (Å²) in [6.07, 6.45) is -9.53. The van der Waals surface area contributed by atoms with Crippen LogP contribution in [0.5, 0.6) is 5.75 Å². The van der Waals surface area contributed by atoms with Crippen LogP contribution in [-0.4, -0.2) is 6.61 Å². The summed E-state index contributed by atoms with van der Waals surface area (Å²) >= 11 is 0. The van der Waals surface area contributed by atoms with Gasteiger partial charge >= 0.3 is 19.0 Å². The topological polar surface area (TPSA) is 9.23 Å². The zero-order valence-electron chi connectivity index (χ0n) is 11.6. The maximum atomic E-state index is 12.8. The second-order valence-corrected chi connectivity index (χ2v) is 4.67. The van der Waals surface area contributed by atoms with Gasteiger partial charge in [-0.3, -0.25) is 0 Å². The molecule has 0 aliphatic carbocycles. The van der Waals surface area contributed by atoms with Crippen molar-refractivity contribution in [2.45, 2.75) is 19.0 Å². The van der Waals surface area contributed by atoms with Crippen molar-refractivity contribution in [3.05, 3.63) is 53.6 Å². The average Bonchev–Trinajstić information content (AvgIpc) is 2.45. The van der Waals surface area contributed by atoms with Crippen LogP contribution in [-0.2, 0) is 12.4 Å².